The maximum absolute atomic E-state index is 12.9. The van der Waals surface area contributed by atoms with E-state index in [0.717, 1.165) is 36.7 Å². The molecule has 0 bridgehead atoms. The Kier molecular flexibility index (Phi) is 7.54. The molecular formula is C28H38N8O4. The van der Waals surface area contributed by atoms with Gasteiger partial charge in [0.1, 0.15) is 22.8 Å². The highest BCUT2D eigenvalue weighted by atomic mass is 16.7. The summed E-state index contributed by atoms with van der Waals surface area (Å²) in [4.78, 5) is 48.0. The maximum atomic E-state index is 12.9. The number of rotatable bonds is 7. The first-order valence-electron chi connectivity index (χ1n) is 13.7. The molecule has 3 aromatic heterocycles. The van der Waals surface area contributed by atoms with Crippen molar-refractivity contribution in [2.24, 2.45) is 0 Å². The van der Waals surface area contributed by atoms with Gasteiger partial charge in [-0.05, 0) is 51.8 Å². The van der Waals surface area contributed by atoms with Crippen LogP contribution < -0.4 is 10.2 Å². The Morgan fingerprint density at radius 2 is 1.77 bits per heavy atom. The van der Waals surface area contributed by atoms with E-state index in [2.05, 4.69) is 19.9 Å². The molecule has 5 rings (SSSR count). The van der Waals surface area contributed by atoms with E-state index in [1.807, 2.05) is 40.0 Å². The number of carbonyl (C=O) groups excluding carboxylic acids is 2. The molecule has 0 unspecified atom stereocenters. The summed E-state index contributed by atoms with van der Waals surface area (Å²) in [5.41, 5.74) is 0.872. The van der Waals surface area contributed by atoms with Crippen LogP contribution in [0.4, 0.5) is 16.6 Å². The number of anilines is 2. The standard InChI is InChI=1S/C28H38N8O4/c1-28(2,3)39-27(38)35-16-20(17-35)34(6)40-21-11-12-23(29-15-21)31-26-30-14-18-13-22(25(37)33(4)5)36(24(18)32-26)19-9-7-8-10-19/h11-15,19-20H,7-10,16-17H2,1-6H3,(H,29,30,31,32). The van der Waals surface area contributed by atoms with Crippen molar-refractivity contribution < 1.29 is 19.2 Å². The molecule has 0 radical (unpaired) electrons. The van der Waals surface area contributed by atoms with Gasteiger partial charge in [0.15, 0.2) is 5.75 Å². The highest BCUT2D eigenvalue weighted by Gasteiger charge is 2.37. The number of amides is 2. The summed E-state index contributed by atoms with van der Waals surface area (Å²) in [5.74, 6) is 1.50. The molecule has 2 amide bonds. The molecule has 2 aliphatic rings. The zero-order chi connectivity index (χ0) is 28.6. The summed E-state index contributed by atoms with van der Waals surface area (Å²) >= 11 is 0. The van der Waals surface area contributed by atoms with Crippen LogP contribution in [0.5, 0.6) is 5.75 Å². The second-order valence-electron chi connectivity index (χ2n) is 11.7. The number of likely N-dealkylation sites (N-methyl/N-ethyl adjacent to an activating group) is 1. The predicted molar refractivity (Wildman–Crippen MR) is 151 cm³/mol. The SMILES string of the molecule is CN(C)C(=O)c1cc2cnc(Nc3ccc(ON(C)C4CN(C(=O)OC(C)(C)C)C4)cn3)nc2n1C1CCCC1. The number of hydrogen-bond acceptors (Lipinski definition) is 9. The van der Waals surface area contributed by atoms with Gasteiger partial charge in [-0.3, -0.25) is 4.79 Å². The molecule has 40 heavy (non-hydrogen) atoms. The second-order valence-corrected chi connectivity index (χ2v) is 11.7. The number of aromatic nitrogens is 4. The van der Waals surface area contributed by atoms with Gasteiger partial charge in [0.25, 0.3) is 5.91 Å². The number of hydroxylamine groups is 2. The van der Waals surface area contributed by atoms with Gasteiger partial charge < -0.3 is 29.3 Å². The number of likely N-dealkylation sites (tertiary alicyclic amines) is 1. The van der Waals surface area contributed by atoms with Gasteiger partial charge in [0, 0.05) is 51.9 Å². The number of pyridine rings is 1. The van der Waals surface area contributed by atoms with Crippen LogP contribution in [-0.2, 0) is 4.74 Å². The maximum Gasteiger partial charge on any atom is 0.410 e. The first kappa shape index (κ1) is 27.6. The van der Waals surface area contributed by atoms with Crippen molar-refractivity contribution >= 4 is 34.8 Å². The van der Waals surface area contributed by atoms with Crippen LogP contribution in [0.25, 0.3) is 11.0 Å². The predicted octanol–water partition coefficient (Wildman–Crippen LogP) is 4.23. The number of ether oxygens (including phenoxy) is 1. The van der Waals surface area contributed by atoms with Gasteiger partial charge in [-0.15, -0.1) is 5.06 Å². The number of fused-ring (bicyclic) bond motifs is 1. The largest absolute Gasteiger partial charge is 0.444 e. The number of nitrogens with one attached hydrogen (secondary N) is 1. The first-order chi connectivity index (χ1) is 19.0. The second kappa shape index (κ2) is 10.9. The summed E-state index contributed by atoms with van der Waals surface area (Å²) in [6, 6.07) is 5.80. The molecule has 0 atom stereocenters. The molecule has 1 aliphatic heterocycles. The molecule has 12 heteroatoms. The normalized spacial score (nSPS) is 16.3. The van der Waals surface area contributed by atoms with Gasteiger partial charge in [-0.2, -0.15) is 4.98 Å². The first-order valence-corrected chi connectivity index (χ1v) is 13.7. The van der Waals surface area contributed by atoms with E-state index in [1.54, 1.807) is 47.4 Å². The van der Waals surface area contributed by atoms with Gasteiger partial charge in [-0.1, -0.05) is 12.8 Å². The highest BCUT2D eigenvalue weighted by molar-refractivity contribution is 5.97. The number of hydrogen-bond donors (Lipinski definition) is 1. The van der Waals surface area contributed by atoms with Crippen molar-refractivity contribution in [3.05, 3.63) is 36.3 Å². The Labute approximate surface area is 234 Å². The van der Waals surface area contributed by atoms with Gasteiger partial charge in [-0.25, -0.2) is 14.8 Å². The van der Waals surface area contributed by atoms with Crippen molar-refractivity contribution in [2.45, 2.75) is 64.1 Å². The summed E-state index contributed by atoms with van der Waals surface area (Å²) in [5, 5.41) is 5.73. The van der Waals surface area contributed by atoms with Crippen LogP contribution in [0.15, 0.2) is 30.6 Å². The molecule has 1 aliphatic carbocycles. The van der Waals surface area contributed by atoms with Crippen molar-refractivity contribution in [3.63, 3.8) is 0 Å². The Bertz CT molecular complexity index is 1370. The highest BCUT2D eigenvalue weighted by Crippen LogP contribution is 2.35. The quantitative estimate of drug-likeness (QED) is 0.431. The van der Waals surface area contributed by atoms with E-state index in [9.17, 15) is 9.59 Å². The zero-order valence-electron chi connectivity index (χ0n) is 24.0. The van der Waals surface area contributed by atoms with E-state index in [1.165, 1.54) is 0 Å². The third-order valence-electron chi connectivity index (χ3n) is 7.14. The smallest absolute Gasteiger partial charge is 0.410 e. The fraction of sp³-hybridized carbons (Fsp3) is 0.536. The lowest BCUT2D eigenvalue weighted by Gasteiger charge is -2.42. The Morgan fingerprint density at radius 3 is 2.40 bits per heavy atom. The topological polar surface area (TPSA) is 118 Å². The third kappa shape index (κ3) is 5.96. The lowest BCUT2D eigenvalue weighted by atomic mass is 10.1. The Hall–Kier alpha value is -3.93. The van der Waals surface area contributed by atoms with E-state index >= 15 is 0 Å². The molecule has 0 aromatic carbocycles. The summed E-state index contributed by atoms with van der Waals surface area (Å²) in [6.45, 7) is 6.62. The lowest BCUT2D eigenvalue weighted by molar-refractivity contribution is -0.117. The minimum Gasteiger partial charge on any atom is -0.444 e. The van der Waals surface area contributed by atoms with Crippen molar-refractivity contribution in [2.75, 3.05) is 39.5 Å². The van der Waals surface area contributed by atoms with Crippen LogP contribution in [0.2, 0.25) is 0 Å². The molecule has 1 N–H and O–H groups in total. The van der Waals surface area contributed by atoms with Crippen LogP contribution in [0.1, 0.15) is 63.0 Å². The summed E-state index contributed by atoms with van der Waals surface area (Å²) in [6.07, 6.45) is 7.40. The molecule has 214 valence electrons. The van der Waals surface area contributed by atoms with E-state index in [0.29, 0.717) is 36.3 Å². The molecule has 4 heterocycles. The van der Waals surface area contributed by atoms with Crippen LogP contribution in [0, 0.1) is 0 Å². The van der Waals surface area contributed by atoms with Gasteiger partial charge in [0.2, 0.25) is 5.95 Å². The molecule has 3 aromatic rings. The molecule has 2 fully saturated rings. The van der Waals surface area contributed by atoms with E-state index < -0.39 is 5.60 Å². The van der Waals surface area contributed by atoms with Crippen LogP contribution >= 0.6 is 0 Å². The number of carbonyl (C=O) groups is 2. The fourth-order valence-electron chi connectivity index (χ4n) is 5.02. The third-order valence-corrected chi connectivity index (χ3v) is 7.14. The summed E-state index contributed by atoms with van der Waals surface area (Å²) in [7, 11) is 5.36. The zero-order valence-corrected chi connectivity index (χ0v) is 24.0. The average molecular weight is 551 g/mol. The fourth-order valence-corrected chi connectivity index (χ4v) is 5.02. The van der Waals surface area contributed by atoms with Crippen molar-refractivity contribution in [1.29, 1.82) is 0 Å². The minimum absolute atomic E-state index is 0.0407. The average Bonchev–Trinajstić information content (AvgIpc) is 3.50. The monoisotopic (exact) mass is 550 g/mol. The Balaban J connectivity index is 1.23. The molecule has 0 spiro atoms. The Morgan fingerprint density at radius 1 is 1.05 bits per heavy atom. The van der Waals surface area contributed by atoms with E-state index in [-0.39, 0.29) is 24.1 Å². The van der Waals surface area contributed by atoms with Gasteiger partial charge >= 0.3 is 6.09 Å². The number of nitrogens with zero attached hydrogens (tertiary/aromatic N) is 7. The molecule has 1 saturated carbocycles. The molecular weight excluding hydrogens is 512 g/mol. The van der Waals surface area contributed by atoms with Crippen LogP contribution in [-0.4, -0.2) is 92.3 Å². The van der Waals surface area contributed by atoms with Gasteiger partial charge in [0.05, 0.1) is 12.2 Å². The molecule has 12 nitrogen and oxygen atoms in total. The van der Waals surface area contributed by atoms with Crippen molar-refractivity contribution in [3.8, 4) is 5.75 Å². The minimum atomic E-state index is -0.517. The van der Waals surface area contributed by atoms with E-state index in [4.69, 9.17) is 14.6 Å². The summed E-state index contributed by atoms with van der Waals surface area (Å²) < 4.78 is 7.49. The van der Waals surface area contributed by atoms with Crippen molar-refractivity contribution in [1.82, 2.24) is 34.4 Å². The van der Waals surface area contributed by atoms with Crippen LogP contribution in [0.3, 0.4) is 0 Å². The lowest BCUT2D eigenvalue weighted by Crippen LogP contribution is -2.61. The molecule has 1 saturated heterocycles.